The number of hydrogen-bond acceptors (Lipinski definition) is 5. The van der Waals surface area contributed by atoms with E-state index in [1.54, 1.807) is 11.9 Å². The highest BCUT2D eigenvalue weighted by Crippen LogP contribution is 2.31. The van der Waals surface area contributed by atoms with Gasteiger partial charge < -0.3 is 25.9 Å². The lowest BCUT2D eigenvalue weighted by atomic mass is 9.77. The number of amides is 2. The second-order valence-corrected chi connectivity index (χ2v) is 5.66. The van der Waals surface area contributed by atoms with Crippen LogP contribution in [0.4, 0.5) is 0 Å². The van der Waals surface area contributed by atoms with Crippen LogP contribution in [-0.2, 0) is 14.3 Å². The number of piperidine rings is 1. The maximum absolute atomic E-state index is 12.6. The SMILES string of the molecule is CN1CC(NC(=O)C2(C(N)=NO)CCOCC2)CCC1=O. The van der Waals surface area contributed by atoms with Gasteiger partial charge in [0.15, 0.2) is 5.84 Å². The van der Waals surface area contributed by atoms with Gasteiger partial charge in [-0.25, -0.2) is 0 Å². The van der Waals surface area contributed by atoms with Crippen LogP contribution < -0.4 is 11.1 Å². The minimum absolute atomic E-state index is 0.0801. The molecule has 1 atom stereocenters. The summed E-state index contributed by atoms with van der Waals surface area (Å²) in [4.78, 5) is 25.7. The first-order chi connectivity index (χ1) is 9.99. The lowest BCUT2D eigenvalue weighted by Crippen LogP contribution is -2.57. The monoisotopic (exact) mass is 298 g/mol. The summed E-state index contributed by atoms with van der Waals surface area (Å²) >= 11 is 0. The molecule has 2 saturated heterocycles. The molecule has 2 heterocycles. The molecule has 2 aliphatic rings. The second kappa shape index (κ2) is 6.30. The minimum atomic E-state index is -1.02. The maximum Gasteiger partial charge on any atom is 0.234 e. The Morgan fingerprint density at radius 2 is 2.19 bits per heavy atom. The number of amidine groups is 1. The molecule has 0 saturated carbocycles. The third kappa shape index (κ3) is 3.10. The zero-order chi connectivity index (χ0) is 15.5. The number of likely N-dealkylation sites (N-methyl/N-ethyl adjacent to an activating group) is 1. The molecule has 0 aromatic rings. The van der Waals surface area contributed by atoms with E-state index in [-0.39, 0.29) is 23.7 Å². The first-order valence-electron chi connectivity index (χ1n) is 7.10. The molecule has 0 spiro atoms. The molecule has 0 bridgehead atoms. The van der Waals surface area contributed by atoms with E-state index >= 15 is 0 Å². The standard InChI is InChI=1S/C13H22N4O4/c1-17-8-9(2-3-10(17)18)15-12(19)13(11(14)16-20)4-6-21-7-5-13/h9,20H,2-8H2,1H3,(H2,14,16)(H,15,19). The Kier molecular flexibility index (Phi) is 4.66. The van der Waals surface area contributed by atoms with Crippen molar-refractivity contribution in [2.24, 2.45) is 16.3 Å². The molecule has 2 aliphatic heterocycles. The fourth-order valence-corrected chi connectivity index (χ4v) is 2.87. The molecular weight excluding hydrogens is 276 g/mol. The Balaban J connectivity index is 2.07. The lowest BCUT2D eigenvalue weighted by molar-refractivity contribution is -0.137. The summed E-state index contributed by atoms with van der Waals surface area (Å²) in [7, 11) is 1.72. The molecule has 118 valence electrons. The second-order valence-electron chi connectivity index (χ2n) is 5.66. The predicted molar refractivity (Wildman–Crippen MR) is 74.7 cm³/mol. The van der Waals surface area contributed by atoms with Gasteiger partial charge in [0, 0.05) is 39.3 Å². The summed E-state index contributed by atoms with van der Waals surface area (Å²) in [5.74, 6) is -0.255. The van der Waals surface area contributed by atoms with Gasteiger partial charge >= 0.3 is 0 Å². The van der Waals surface area contributed by atoms with E-state index < -0.39 is 5.41 Å². The summed E-state index contributed by atoms with van der Waals surface area (Å²) in [5.41, 5.74) is 4.74. The molecule has 0 aliphatic carbocycles. The minimum Gasteiger partial charge on any atom is -0.409 e. The Morgan fingerprint density at radius 3 is 2.76 bits per heavy atom. The average molecular weight is 298 g/mol. The van der Waals surface area contributed by atoms with Gasteiger partial charge in [0.2, 0.25) is 11.8 Å². The normalized spacial score (nSPS) is 26.5. The number of likely N-dealkylation sites (tertiary alicyclic amines) is 1. The van der Waals surface area contributed by atoms with Gasteiger partial charge in [0.25, 0.3) is 0 Å². The van der Waals surface area contributed by atoms with E-state index in [9.17, 15) is 9.59 Å². The van der Waals surface area contributed by atoms with Crippen molar-refractivity contribution in [1.29, 1.82) is 0 Å². The van der Waals surface area contributed by atoms with Crippen LogP contribution in [0.25, 0.3) is 0 Å². The van der Waals surface area contributed by atoms with E-state index in [1.807, 2.05) is 0 Å². The smallest absolute Gasteiger partial charge is 0.234 e. The molecule has 2 amide bonds. The van der Waals surface area contributed by atoms with Gasteiger partial charge in [0.05, 0.1) is 0 Å². The zero-order valence-corrected chi connectivity index (χ0v) is 12.2. The van der Waals surface area contributed by atoms with Crippen LogP contribution in [0.5, 0.6) is 0 Å². The molecule has 4 N–H and O–H groups in total. The van der Waals surface area contributed by atoms with Gasteiger partial charge in [0.1, 0.15) is 5.41 Å². The van der Waals surface area contributed by atoms with Crippen LogP contribution in [-0.4, -0.2) is 60.6 Å². The molecule has 0 aromatic carbocycles. The van der Waals surface area contributed by atoms with Gasteiger partial charge in [-0.2, -0.15) is 0 Å². The van der Waals surface area contributed by atoms with Gasteiger partial charge in [-0.1, -0.05) is 5.16 Å². The van der Waals surface area contributed by atoms with Crippen LogP contribution in [0.3, 0.4) is 0 Å². The number of hydrogen-bond donors (Lipinski definition) is 3. The van der Waals surface area contributed by atoms with Crippen LogP contribution in [0, 0.1) is 5.41 Å². The van der Waals surface area contributed by atoms with E-state index in [2.05, 4.69) is 10.5 Å². The zero-order valence-electron chi connectivity index (χ0n) is 12.2. The average Bonchev–Trinajstić information content (AvgIpc) is 2.50. The quantitative estimate of drug-likeness (QED) is 0.275. The molecule has 1 unspecified atom stereocenters. The first kappa shape index (κ1) is 15.6. The van der Waals surface area contributed by atoms with Crippen molar-refractivity contribution in [3.05, 3.63) is 0 Å². The third-order valence-corrected chi connectivity index (χ3v) is 4.34. The van der Waals surface area contributed by atoms with Gasteiger partial charge in [-0.05, 0) is 19.3 Å². The number of ether oxygens (including phenoxy) is 1. The van der Waals surface area contributed by atoms with Gasteiger partial charge in [-0.15, -0.1) is 0 Å². The number of carbonyl (C=O) groups is 2. The number of oxime groups is 1. The van der Waals surface area contributed by atoms with E-state index in [0.29, 0.717) is 45.4 Å². The van der Waals surface area contributed by atoms with Crippen LogP contribution >= 0.6 is 0 Å². The van der Waals surface area contributed by atoms with Crippen LogP contribution in [0.15, 0.2) is 5.16 Å². The molecule has 21 heavy (non-hydrogen) atoms. The molecule has 2 fully saturated rings. The Morgan fingerprint density at radius 1 is 1.52 bits per heavy atom. The van der Waals surface area contributed by atoms with Crippen molar-refractivity contribution >= 4 is 17.6 Å². The summed E-state index contributed by atoms with van der Waals surface area (Å²) < 4.78 is 5.27. The summed E-state index contributed by atoms with van der Waals surface area (Å²) in [6.07, 6.45) is 1.80. The highest BCUT2D eigenvalue weighted by atomic mass is 16.5. The largest absolute Gasteiger partial charge is 0.409 e. The number of nitrogens with zero attached hydrogens (tertiary/aromatic N) is 2. The summed E-state index contributed by atoms with van der Waals surface area (Å²) in [5, 5.41) is 14.9. The first-order valence-corrected chi connectivity index (χ1v) is 7.10. The summed E-state index contributed by atoms with van der Waals surface area (Å²) in [6, 6.07) is -0.105. The predicted octanol–water partition coefficient (Wildman–Crippen LogP) is -0.733. The molecule has 2 rings (SSSR count). The number of carbonyl (C=O) groups excluding carboxylic acids is 2. The summed E-state index contributed by atoms with van der Waals surface area (Å²) in [6.45, 7) is 1.27. The Labute approximate surface area is 123 Å². The van der Waals surface area contributed by atoms with E-state index in [0.717, 1.165) is 0 Å². The fraction of sp³-hybridized carbons (Fsp3) is 0.769. The van der Waals surface area contributed by atoms with Crippen molar-refractivity contribution < 1.29 is 19.5 Å². The topological polar surface area (TPSA) is 117 Å². The van der Waals surface area contributed by atoms with Crippen molar-refractivity contribution in [2.75, 3.05) is 26.8 Å². The molecule has 0 radical (unpaired) electrons. The van der Waals surface area contributed by atoms with Crippen LogP contribution in [0.2, 0.25) is 0 Å². The highest BCUT2D eigenvalue weighted by Gasteiger charge is 2.45. The van der Waals surface area contributed by atoms with Crippen molar-refractivity contribution in [2.45, 2.75) is 31.7 Å². The third-order valence-electron chi connectivity index (χ3n) is 4.34. The highest BCUT2D eigenvalue weighted by molar-refractivity contribution is 6.07. The van der Waals surface area contributed by atoms with Crippen molar-refractivity contribution in [3.63, 3.8) is 0 Å². The van der Waals surface area contributed by atoms with Crippen molar-refractivity contribution in [3.8, 4) is 0 Å². The molecule has 8 heteroatoms. The number of rotatable bonds is 3. The Hall–Kier alpha value is -1.83. The number of nitrogens with one attached hydrogen (secondary N) is 1. The van der Waals surface area contributed by atoms with Crippen LogP contribution in [0.1, 0.15) is 25.7 Å². The Bertz CT molecular complexity index is 445. The number of nitrogens with two attached hydrogens (primary N) is 1. The molecule has 8 nitrogen and oxygen atoms in total. The molecule has 0 aromatic heterocycles. The van der Waals surface area contributed by atoms with Gasteiger partial charge in [-0.3, -0.25) is 9.59 Å². The lowest BCUT2D eigenvalue weighted by Gasteiger charge is -2.37. The fourth-order valence-electron chi connectivity index (χ4n) is 2.87. The van der Waals surface area contributed by atoms with E-state index in [4.69, 9.17) is 15.7 Å². The maximum atomic E-state index is 12.6. The molecular formula is C13H22N4O4. The van der Waals surface area contributed by atoms with Crippen molar-refractivity contribution in [1.82, 2.24) is 10.2 Å². The van der Waals surface area contributed by atoms with E-state index in [1.165, 1.54) is 0 Å².